The largest absolute Gasteiger partial charge is 0.497 e. The van der Waals surface area contributed by atoms with Gasteiger partial charge in [-0.15, -0.1) is 0 Å². The van der Waals surface area contributed by atoms with Crippen molar-refractivity contribution in [2.24, 2.45) is 5.92 Å². The lowest BCUT2D eigenvalue weighted by Crippen LogP contribution is -2.12. The van der Waals surface area contributed by atoms with E-state index in [1.165, 1.54) is 19.3 Å². The molecule has 1 aromatic rings. The number of unbranched alkanes of at least 4 members (excludes halogenated alkanes) is 1. The fourth-order valence-corrected chi connectivity index (χ4v) is 1.98. The SMILES string of the molecule is CCCCC(CC)COc1ccc(OC)cc1C=O. The predicted octanol–water partition coefficient (Wildman–Crippen LogP) is 4.10. The summed E-state index contributed by atoms with van der Waals surface area (Å²) in [6, 6.07) is 5.32. The lowest BCUT2D eigenvalue weighted by atomic mass is 10.0. The maximum absolute atomic E-state index is 11.0. The number of benzene rings is 1. The second-order valence-electron chi connectivity index (χ2n) is 4.75. The van der Waals surface area contributed by atoms with Crippen LogP contribution in [0.3, 0.4) is 0 Å². The maximum atomic E-state index is 11.0. The van der Waals surface area contributed by atoms with Crippen molar-refractivity contribution in [3.63, 3.8) is 0 Å². The summed E-state index contributed by atoms with van der Waals surface area (Å²) >= 11 is 0. The van der Waals surface area contributed by atoms with Gasteiger partial charge >= 0.3 is 0 Å². The van der Waals surface area contributed by atoms with Crippen LogP contribution >= 0.6 is 0 Å². The van der Waals surface area contributed by atoms with Crippen LogP contribution in [0.2, 0.25) is 0 Å². The van der Waals surface area contributed by atoms with Gasteiger partial charge in [-0.3, -0.25) is 4.79 Å². The monoisotopic (exact) mass is 264 g/mol. The maximum Gasteiger partial charge on any atom is 0.153 e. The summed E-state index contributed by atoms with van der Waals surface area (Å²) in [6.45, 7) is 5.05. The summed E-state index contributed by atoms with van der Waals surface area (Å²) in [5.74, 6) is 1.87. The molecule has 1 unspecified atom stereocenters. The third-order valence-electron chi connectivity index (χ3n) is 3.36. The standard InChI is InChI=1S/C16H24O3/c1-4-6-7-13(5-2)12-19-16-9-8-15(18-3)10-14(16)11-17/h8-11,13H,4-7,12H2,1-3H3. The van der Waals surface area contributed by atoms with Gasteiger partial charge in [0.15, 0.2) is 6.29 Å². The summed E-state index contributed by atoms with van der Waals surface area (Å²) in [5.41, 5.74) is 0.546. The van der Waals surface area contributed by atoms with Gasteiger partial charge in [-0.25, -0.2) is 0 Å². The van der Waals surface area contributed by atoms with Crippen LogP contribution in [0.5, 0.6) is 11.5 Å². The van der Waals surface area contributed by atoms with Crippen LogP contribution in [0.4, 0.5) is 0 Å². The van der Waals surface area contributed by atoms with E-state index in [1.54, 1.807) is 19.2 Å². The molecule has 0 fully saturated rings. The Labute approximate surface area is 115 Å². The van der Waals surface area contributed by atoms with Crippen molar-refractivity contribution in [2.45, 2.75) is 39.5 Å². The van der Waals surface area contributed by atoms with E-state index in [-0.39, 0.29) is 0 Å². The number of carbonyl (C=O) groups excluding carboxylic acids is 1. The summed E-state index contributed by atoms with van der Waals surface area (Å²) in [6.07, 6.45) is 5.53. The van der Waals surface area contributed by atoms with Crippen LogP contribution in [0, 0.1) is 5.92 Å². The number of aldehydes is 1. The van der Waals surface area contributed by atoms with Gasteiger partial charge < -0.3 is 9.47 Å². The molecule has 3 heteroatoms. The van der Waals surface area contributed by atoms with Gasteiger partial charge in [0.2, 0.25) is 0 Å². The van der Waals surface area contributed by atoms with E-state index in [0.29, 0.717) is 29.6 Å². The van der Waals surface area contributed by atoms with Gasteiger partial charge in [0.05, 0.1) is 19.3 Å². The van der Waals surface area contributed by atoms with E-state index < -0.39 is 0 Å². The van der Waals surface area contributed by atoms with E-state index in [2.05, 4.69) is 13.8 Å². The van der Waals surface area contributed by atoms with Crippen molar-refractivity contribution in [2.75, 3.05) is 13.7 Å². The Hall–Kier alpha value is -1.51. The van der Waals surface area contributed by atoms with Gasteiger partial charge in [-0.2, -0.15) is 0 Å². The Morgan fingerprint density at radius 2 is 2.11 bits per heavy atom. The summed E-state index contributed by atoms with van der Waals surface area (Å²) in [5, 5.41) is 0. The van der Waals surface area contributed by atoms with Crippen molar-refractivity contribution in [1.82, 2.24) is 0 Å². The average Bonchev–Trinajstić information content (AvgIpc) is 2.47. The minimum Gasteiger partial charge on any atom is -0.497 e. The molecule has 1 atom stereocenters. The minimum atomic E-state index is 0.546. The number of carbonyl (C=O) groups is 1. The molecule has 0 radical (unpaired) electrons. The number of rotatable bonds is 9. The molecular formula is C16H24O3. The fraction of sp³-hybridized carbons (Fsp3) is 0.562. The Morgan fingerprint density at radius 3 is 2.68 bits per heavy atom. The van der Waals surface area contributed by atoms with E-state index in [0.717, 1.165) is 12.7 Å². The molecule has 0 saturated carbocycles. The van der Waals surface area contributed by atoms with Gasteiger partial charge in [-0.05, 0) is 30.5 Å². The number of hydrogen-bond acceptors (Lipinski definition) is 3. The Morgan fingerprint density at radius 1 is 1.32 bits per heavy atom. The molecule has 0 amide bonds. The fourth-order valence-electron chi connectivity index (χ4n) is 1.98. The molecule has 0 heterocycles. The minimum absolute atomic E-state index is 0.546. The molecule has 19 heavy (non-hydrogen) atoms. The third kappa shape index (κ3) is 4.93. The molecule has 0 N–H and O–H groups in total. The van der Waals surface area contributed by atoms with Crippen LogP contribution in [-0.4, -0.2) is 20.0 Å². The van der Waals surface area contributed by atoms with Crippen molar-refractivity contribution in [3.05, 3.63) is 23.8 Å². The lowest BCUT2D eigenvalue weighted by Gasteiger charge is -2.16. The number of hydrogen-bond donors (Lipinski definition) is 0. The lowest BCUT2D eigenvalue weighted by molar-refractivity contribution is 0.111. The van der Waals surface area contributed by atoms with E-state index in [4.69, 9.17) is 9.47 Å². The molecule has 1 rings (SSSR count). The van der Waals surface area contributed by atoms with Crippen LogP contribution in [0.25, 0.3) is 0 Å². The third-order valence-corrected chi connectivity index (χ3v) is 3.36. The molecule has 1 aromatic carbocycles. The zero-order valence-electron chi connectivity index (χ0n) is 12.1. The van der Waals surface area contributed by atoms with Crippen molar-refractivity contribution >= 4 is 6.29 Å². The van der Waals surface area contributed by atoms with E-state index in [1.807, 2.05) is 6.07 Å². The van der Waals surface area contributed by atoms with Gasteiger partial charge in [0.25, 0.3) is 0 Å². The molecule has 0 aromatic heterocycles. The molecule has 0 aliphatic rings. The highest BCUT2D eigenvalue weighted by Gasteiger charge is 2.10. The Bertz CT molecular complexity index is 388. The highest BCUT2D eigenvalue weighted by atomic mass is 16.5. The number of ether oxygens (including phenoxy) is 2. The van der Waals surface area contributed by atoms with Gasteiger partial charge in [0.1, 0.15) is 11.5 Å². The zero-order chi connectivity index (χ0) is 14.1. The van der Waals surface area contributed by atoms with Crippen LogP contribution in [0.1, 0.15) is 49.9 Å². The van der Waals surface area contributed by atoms with E-state index >= 15 is 0 Å². The molecule has 0 aliphatic carbocycles. The summed E-state index contributed by atoms with van der Waals surface area (Å²) in [7, 11) is 1.59. The second kappa shape index (κ2) is 8.57. The van der Waals surface area contributed by atoms with E-state index in [9.17, 15) is 4.79 Å². The van der Waals surface area contributed by atoms with Crippen LogP contribution < -0.4 is 9.47 Å². The van der Waals surface area contributed by atoms with Crippen LogP contribution in [-0.2, 0) is 0 Å². The van der Waals surface area contributed by atoms with Crippen molar-refractivity contribution in [3.8, 4) is 11.5 Å². The predicted molar refractivity (Wildman–Crippen MR) is 77.2 cm³/mol. The van der Waals surface area contributed by atoms with Crippen molar-refractivity contribution < 1.29 is 14.3 Å². The molecular weight excluding hydrogens is 240 g/mol. The highest BCUT2D eigenvalue weighted by molar-refractivity contribution is 5.80. The Kier molecular flexibility index (Phi) is 7.01. The molecule has 0 aliphatic heterocycles. The Balaban J connectivity index is 2.63. The topological polar surface area (TPSA) is 35.5 Å². The normalized spacial score (nSPS) is 11.9. The van der Waals surface area contributed by atoms with Crippen molar-refractivity contribution in [1.29, 1.82) is 0 Å². The first-order valence-corrected chi connectivity index (χ1v) is 7.01. The highest BCUT2D eigenvalue weighted by Crippen LogP contribution is 2.24. The van der Waals surface area contributed by atoms with Gasteiger partial charge in [0, 0.05) is 0 Å². The first kappa shape index (κ1) is 15.5. The van der Waals surface area contributed by atoms with Gasteiger partial charge in [-0.1, -0.05) is 33.1 Å². The zero-order valence-corrected chi connectivity index (χ0v) is 12.1. The quantitative estimate of drug-likeness (QED) is 0.630. The first-order valence-electron chi connectivity index (χ1n) is 7.01. The molecule has 0 spiro atoms. The summed E-state index contributed by atoms with van der Waals surface area (Å²) in [4.78, 5) is 11.0. The smallest absolute Gasteiger partial charge is 0.153 e. The molecule has 106 valence electrons. The average molecular weight is 264 g/mol. The molecule has 3 nitrogen and oxygen atoms in total. The molecule has 0 saturated heterocycles. The number of methoxy groups -OCH3 is 1. The summed E-state index contributed by atoms with van der Waals surface area (Å²) < 4.78 is 10.9. The van der Waals surface area contributed by atoms with Crippen LogP contribution in [0.15, 0.2) is 18.2 Å². The first-order chi connectivity index (χ1) is 9.24. The second-order valence-corrected chi connectivity index (χ2v) is 4.75. The molecule has 0 bridgehead atoms.